The summed E-state index contributed by atoms with van der Waals surface area (Å²) in [4.78, 5) is 0. The van der Waals surface area contributed by atoms with Crippen molar-refractivity contribution in [1.82, 2.24) is 0 Å². The van der Waals surface area contributed by atoms with Gasteiger partial charge in [0.1, 0.15) is 0 Å². The maximum atomic E-state index is 5.15. The molecule has 2 aromatic carbocycles. The van der Waals surface area contributed by atoms with E-state index in [-0.39, 0.29) is 10.8 Å². The zero-order valence-electron chi connectivity index (χ0n) is 29.1. The molecule has 0 amide bonds. The van der Waals surface area contributed by atoms with Crippen LogP contribution < -0.4 is 21.2 Å². The fraction of sp³-hybridized carbons (Fsp3) is 0.622. The van der Waals surface area contributed by atoms with Crippen LogP contribution in [0.3, 0.4) is 0 Å². The van der Waals surface area contributed by atoms with Gasteiger partial charge in [-0.2, -0.15) is 13.3 Å². The van der Waals surface area contributed by atoms with E-state index in [4.69, 9.17) is 13.3 Å². The molecule has 0 saturated heterocycles. The van der Waals surface area contributed by atoms with Crippen LogP contribution in [0.15, 0.2) is 36.4 Å². The normalized spacial score (nSPS) is 14.1. The lowest BCUT2D eigenvalue weighted by Gasteiger charge is -2.44. The summed E-state index contributed by atoms with van der Waals surface area (Å²) in [6.07, 6.45) is 0. The first kappa shape index (κ1) is 35.9. The Hall–Kier alpha value is -0.270. The van der Waals surface area contributed by atoms with Crippen LogP contribution in [-0.2, 0) is 10.8 Å². The van der Waals surface area contributed by atoms with Gasteiger partial charge in [-0.3, -0.25) is 0 Å². The third-order valence-electron chi connectivity index (χ3n) is 9.30. The molecule has 2 aromatic rings. The number of benzene rings is 2. The molecule has 2 rings (SSSR count). The van der Waals surface area contributed by atoms with Crippen LogP contribution in [-0.4, -0.2) is 28.3 Å². The fourth-order valence-electron chi connectivity index (χ4n) is 6.05. The Morgan fingerprint density at radius 2 is 0.800 bits per heavy atom. The minimum atomic E-state index is -1.68. The third kappa shape index (κ3) is 6.93. The fourth-order valence-corrected chi connectivity index (χ4v) is 16.6. The maximum absolute atomic E-state index is 5.15. The van der Waals surface area contributed by atoms with E-state index in [1.54, 1.807) is 21.2 Å². The standard InChI is InChI=1S/C37H63P3/c1-25(2)38(32-21-19-30(36(11,12)13)23-34(32)39(17,26(3)4)27(5)6)33-22-20-31(37(14,15)16)24-35(33)40(18,28(7)8)29(9)10/h19-29H,17-18H2,1-16H3. The summed E-state index contributed by atoms with van der Waals surface area (Å²) in [6, 6.07) is 15.1. The Morgan fingerprint density at radius 3 is 1.00 bits per heavy atom. The van der Waals surface area contributed by atoms with Crippen molar-refractivity contribution in [3.63, 3.8) is 0 Å². The van der Waals surface area contributed by atoms with Gasteiger partial charge >= 0.3 is 0 Å². The van der Waals surface area contributed by atoms with Gasteiger partial charge in [0.05, 0.1) is 10.6 Å². The Morgan fingerprint density at radius 1 is 0.525 bits per heavy atom. The van der Waals surface area contributed by atoms with Crippen LogP contribution >= 0.6 is 22.4 Å². The first-order chi connectivity index (χ1) is 18.0. The van der Waals surface area contributed by atoms with Crippen molar-refractivity contribution in [1.29, 1.82) is 0 Å². The lowest BCUT2D eigenvalue weighted by atomic mass is 9.87. The first-order valence-electron chi connectivity index (χ1n) is 15.6. The minimum absolute atomic E-state index is 0.107. The molecular weight excluding hydrogens is 537 g/mol. The van der Waals surface area contributed by atoms with E-state index in [1.165, 1.54) is 11.1 Å². The second-order valence-electron chi connectivity index (χ2n) is 15.6. The minimum Gasteiger partial charge on any atom is -0.174 e. The zero-order chi connectivity index (χ0) is 31.2. The Labute approximate surface area is 253 Å². The first-order valence-corrected chi connectivity index (χ1v) is 21.2. The molecule has 40 heavy (non-hydrogen) atoms. The summed E-state index contributed by atoms with van der Waals surface area (Å²) in [5, 5.41) is 6.32. The Kier molecular flexibility index (Phi) is 11.5. The summed E-state index contributed by atoms with van der Waals surface area (Å²) >= 11 is 0. The van der Waals surface area contributed by atoms with Gasteiger partial charge in [0.25, 0.3) is 0 Å². The summed E-state index contributed by atoms with van der Waals surface area (Å²) in [5.41, 5.74) is 5.77. The molecule has 0 aliphatic carbocycles. The largest absolute Gasteiger partial charge is 0.174 e. The second-order valence-corrected chi connectivity index (χ2v) is 27.2. The van der Waals surface area contributed by atoms with Gasteiger partial charge in [-0.1, -0.05) is 94.2 Å². The molecule has 0 aliphatic rings. The van der Waals surface area contributed by atoms with Crippen LogP contribution in [0.4, 0.5) is 0 Å². The monoisotopic (exact) mass is 600 g/mol. The molecule has 3 heteroatoms. The average molecular weight is 601 g/mol. The highest BCUT2D eigenvalue weighted by atomic mass is 31.2. The van der Waals surface area contributed by atoms with Crippen LogP contribution in [0.5, 0.6) is 0 Å². The van der Waals surface area contributed by atoms with Crippen molar-refractivity contribution in [2.24, 2.45) is 0 Å². The van der Waals surface area contributed by atoms with Crippen molar-refractivity contribution in [3.05, 3.63) is 60.9 Å². The quantitative estimate of drug-likeness (QED) is 0.198. The topological polar surface area (TPSA) is 0 Å². The highest BCUT2D eigenvalue weighted by molar-refractivity contribution is 7.89. The number of rotatable bonds is 9. The zero-order valence-corrected chi connectivity index (χ0v) is 31.8. The van der Waals surface area contributed by atoms with Crippen molar-refractivity contribution >= 4 is 43.7 Å². The summed E-state index contributed by atoms with van der Waals surface area (Å²) < 4.78 is 0. The van der Waals surface area contributed by atoms with E-state index in [1.807, 2.05) is 0 Å². The van der Waals surface area contributed by atoms with Gasteiger partial charge in [0.15, 0.2) is 0 Å². The third-order valence-corrected chi connectivity index (χ3v) is 22.4. The lowest BCUT2D eigenvalue weighted by Crippen LogP contribution is -2.41. The molecule has 0 spiro atoms. The average Bonchev–Trinajstić information content (AvgIpc) is 2.81. The molecule has 0 fully saturated rings. The molecule has 0 N–H and O–H groups in total. The van der Waals surface area contributed by atoms with E-state index in [9.17, 15) is 0 Å². The molecule has 226 valence electrons. The van der Waals surface area contributed by atoms with E-state index < -0.39 is 22.4 Å². The van der Waals surface area contributed by atoms with Gasteiger partial charge in [-0.05, 0) is 103 Å². The second kappa shape index (κ2) is 12.8. The van der Waals surface area contributed by atoms with E-state index >= 15 is 0 Å². The molecule has 0 unspecified atom stereocenters. The highest BCUT2D eigenvalue weighted by Crippen LogP contribution is 2.67. The molecule has 0 saturated carbocycles. The van der Waals surface area contributed by atoms with Gasteiger partial charge < -0.3 is 0 Å². The van der Waals surface area contributed by atoms with Crippen molar-refractivity contribution in [2.75, 3.05) is 0 Å². The molecule has 0 radical (unpaired) electrons. The SMILES string of the molecule is [CH2-][P+](c1cc(C(C)(C)C)ccc1P(c1ccc(C(C)(C)C)cc1[P+]([CH2-])(C(C)C)C(C)C)C(C)C)(C(C)C)C(C)C. The molecule has 0 bridgehead atoms. The van der Waals surface area contributed by atoms with Gasteiger partial charge in [-0.25, -0.2) is 0 Å². The van der Waals surface area contributed by atoms with E-state index in [2.05, 4.69) is 147 Å². The predicted octanol–water partition coefficient (Wildman–Crippen LogP) is 10.6. The van der Waals surface area contributed by atoms with Crippen molar-refractivity contribution in [2.45, 2.75) is 150 Å². The van der Waals surface area contributed by atoms with Crippen molar-refractivity contribution in [3.8, 4) is 0 Å². The van der Waals surface area contributed by atoms with Crippen LogP contribution in [0, 0.1) is 13.3 Å². The lowest BCUT2D eigenvalue weighted by molar-refractivity contribution is 0.590. The molecule has 0 atom stereocenters. The van der Waals surface area contributed by atoms with Crippen LogP contribution in [0.25, 0.3) is 0 Å². The smallest absolute Gasteiger partial charge is 0.0733 e. The number of hydrogen-bond donors (Lipinski definition) is 0. The molecule has 0 heterocycles. The van der Waals surface area contributed by atoms with Gasteiger partial charge in [0.2, 0.25) is 0 Å². The molecule has 0 aromatic heterocycles. The van der Waals surface area contributed by atoms with Gasteiger partial charge in [0, 0.05) is 33.2 Å². The van der Waals surface area contributed by atoms with Crippen LogP contribution in [0.2, 0.25) is 0 Å². The van der Waals surface area contributed by atoms with Crippen LogP contribution in [0.1, 0.15) is 122 Å². The Bertz CT molecular complexity index is 1040. The van der Waals surface area contributed by atoms with E-state index in [0.29, 0.717) is 28.3 Å². The van der Waals surface area contributed by atoms with E-state index in [0.717, 1.165) is 0 Å². The maximum Gasteiger partial charge on any atom is 0.0733 e. The molecule has 0 nitrogen and oxygen atoms in total. The summed E-state index contributed by atoms with van der Waals surface area (Å²) in [6.45, 7) is 48.6. The summed E-state index contributed by atoms with van der Waals surface area (Å²) in [7, 11) is -3.97. The van der Waals surface area contributed by atoms with Crippen molar-refractivity contribution < 1.29 is 0 Å². The number of hydrogen-bond acceptors (Lipinski definition) is 0. The molecular formula is C37H63P3. The van der Waals surface area contributed by atoms with Gasteiger partial charge in [-0.15, -0.1) is 0 Å². The summed E-state index contributed by atoms with van der Waals surface area (Å²) in [5.74, 6) is 0. The highest BCUT2D eigenvalue weighted by Gasteiger charge is 2.43. The Balaban J connectivity index is 3.13. The predicted molar refractivity (Wildman–Crippen MR) is 196 cm³/mol. The molecule has 0 aliphatic heterocycles.